The topological polar surface area (TPSA) is 49.4 Å². The van der Waals surface area contributed by atoms with E-state index >= 15 is 0 Å². The van der Waals surface area contributed by atoms with Crippen molar-refractivity contribution in [3.63, 3.8) is 0 Å². The van der Waals surface area contributed by atoms with Crippen molar-refractivity contribution in [2.75, 3.05) is 35.8 Å². The van der Waals surface area contributed by atoms with E-state index < -0.39 is 11.7 Å². The predicted octanol–water partition coefficient (Wildman–Crippen LogP) is 2.38. The van der Waals surface area contributed by atoms with E-state index in [-0.39, 0.29) is 0 Å². The standard InChI is InChI=1S/C12H13BrN2O2S/c1-15(3-4-18-2)10-6-9-7(5-8(10)13)11(16)12(17)14-9/h5-6H,3-4H2,1-2H3,(H,14,16,17). The highest BCUT2D eigenvalue weighted by molar-refractivity contribution is 9.10. The number of nitrogens with one attached hydrogen (secondary N) is 1. The molecule has 1 aliphatic rings. The molecular weight excluding hydrogens is 316 g/mol. The molecule has 1 amide bonds. The van der Waals surface area contributed by atoms with Crippen LogP contribution in [0.15, 0.2) is 16.6 Å². The lowest BCUT2D eigenvalue weighted by molar-refractivity contribution is -0.112. The van der Waals surface area contributed by atoms with Crippen molar-refractivity contribution in [1.29, 1.82) is 0 Å². The first-order valence-electron chi connectivity index (χ1n) is 5.44. The molecule has 1 N–H and O–H groups in total. The summed E-state index contributed by atoms with van der Waals surface area (Å²) in [7, 11) is 1.99. The molecule has 2 rings (SSSR count). The molecule has 0 saturated heterocycles. The van der Waals surface area contributed by atoms with Gasteiger partial charge in [-0.2, -0.15) is 11.8 Å². The zero-order valence-corrected chi connectivity index (χ0v) is 12.5. The second-order valence-electron chi connectivity index (χ2n) is 4.05. The molecule has 0 fully saturated rings. The lowest BCUT2D eigenvalue weighted by Crippen LogP contribution is -2.20. The first kappa shape index (κ1) is 13.4. The summed E-state index contributed by atoms with van der Waals surface area (Å²) in [6.07, 6.45) is 2.06. The van der Waals surface area contributed by atoms with Gasteiger partial charge in [-0.1, -0.05) is 0 Å². The number of carbonyl (C=O) groups is 2. The normalized spacial score (nSPS) is 13.5. The second-order valence-corrected chi connectivity index (χ2v) is 5.89. The molecule has 0 radical (unpaired) electrons. The molecular formula is C12H13BrN2O2S. The van der Waals surface area contributed by atoms with Gasteiger partial charge < -0.3 is 10.2 Å². The quantitative estimate of drug-likeness (QED) is 0.862. The lowest BCUT2D eigenvalue weighted by atomic mass is 10.1. The molecule has 0 atom stereocenters. The molecule has 1 aliphatic heterocycles. The van der Waals surface area contributed by atoms with Crippen LogP contribution in [0.3, 0.4) is 0 Å². The molecule has 0 spiro atoms. The molecule has 4 nitrogen and oxygen atoms in total. The van der Waals surface area contributed by atoms with Crippen LogP contribution < -0.4 is 10.2 Å². The molecule has 1 aromatic rings. The van der Waals surface area contributed by atoms with Crippen molar-refractivity contribution in [2.24, 2.45) is 0 Å². The Hall–Kier alpha value is -1.01. The number of halogens is 1. The summed E-state index contributed by atoms with van der Waals surface area (Å²) in [5.74, 6) is -0.00414. The third kappa shape index (κ3) is 2.40. The number of hydrogen-bond acceptors (Lipinski definition) is 4. The van der Waals surface area contributed by atoms with Crippen LogP contribution in [0.1, 0.15) is 10.4 Å². The maximum atomic E-state index is 11.6. The Bertz CT molecular complexity index is 519. The molecule has 6 heteroatoms. The van der Waals surface area contributed by atoms with Gasteiger partial charge in [-0.3, -0.25) is 9.59 Å². The van der Waals surface area contributed by atoms with Crippen LogP contribution in [-0.4, -0.2) is 37.3 Å². The zero-order chi connectivity index (χ0) is 13.3. The minimum Gasteiger partial charge on any atom is -0.373 e. The van der Waals surface area contributed by atoms with E-state index in [9.17, 15) is 9.59 Å². The monoisotopic (exact) mass is 328 g/mol. The van der Waals surface area contributed by atoms with Crippen molar-refractivity contribution in [1.82, 2.24) is 0 Å². The molecule has 96 valence electrons. The van der Waals surface area contributed by atoms with Crippen molar-refractivity contribution >= 4 is 50.8 Å². The number of benzene rings is 1. The summed E-state index contributed by atoms with van der Waals surface area (Å²) in [5, 5.41) is 2.58. The van der Waals surface area contributed by atoms with Gasteiger partial charge in [0.25, 0.3) is 11.7 Å². The summed E-state index contributed by atoms with van der Waals surface area (Å²) in [6, 6.07) is 3.54. The predicted molar refractivity (Wildman–Crippen MR) is 78.8 cm³/mol. The Labute approximate surface area is 118 Å². The van der Waals surface area contributed by atoms with E-state index in [4.69, 9.17) is 0 Å². The summed E-state index contributed by atoms with van der Waals surface area (Å²) >= 11 is 5.23. The average Bonchev–Trinajstić information content (AvgIpc) is 2.62. The van der Waals surface area contributed by atoms with E-state index in [2.05, 4.69) is 32.4 Å². The smallest absolute Gasteiger partial charge is 0.296 e. The van der Waals surface area contributed by atoms with Crippen LogP contribution in [0.25, 0.3) is 0 Å². The molecule has 0 bridgehead atoms. The van der Waals surface area contributed by atoms with Crippen LogP contribution in [0.4, 0.5) is 11.4 Å². The summed E-state index contributed by atoms with van der Waals surface area (Å²) < 4.78 is 0.828. The molecule has 1 aromatic carbocycles. The first-order chi connectivity index (χ1) is 8.54. The summed E-state index contributed by atoms with van der Waals surface area (Å²) in [4.78, 5) is 24.9. The van der Waals surface area contributed by atoms with E-state index in [1.807, 2.05) is 13.1 Å². The van der Waals surface area contributed by atoms with Gasteiger partial charge in [0, 0.05) is 23.8 Å². The third-order valence-electron chi connectivity index (χ3n) is 2.83. The molecule has 1 heterocycles. The Morgan fingerprint density at radius 1 is 1.39 bits per heavy atom. The van der Waals surface area contributed by atoms with Crippen LogP contribution in [0, 0.1) is 0 Å². The van der Waals surface area contributed by atoms with Crippen LogP contribution in [0.2, 0.25) is 0 Å². The average molecular weight is 329 g/mol. The highest BCUT2D eigenvalue weighted by atomic mass is 79.9. The molecule has 0 saturated carbocycles. The molecule has 0 unspecified atom stereocenters. The molecule has 0 aromatic heterocycles. The van der Waals surface area contributed by atoms with Gasteiger partial charge in [-0.25, -0.2) is 0 Å². The summed E-state index contributed by atoms with van der Waals surface area (Å²) in [5.41, 5.74) is 2.01. The van der Waals surface area contributed by atoms with E-state index in [1.165, 1.54) is 0 Å². The SMILES string of the molecule is CSCCN(C)c1cc2c(cc1Br)C(=O)C(=O)N2. The number of fused-ring (bicyclic) bond motifs is 1. The fraction of sp³-hybridized carbons (Fsp3) is 0.333. The first-order valence-corrected chi connectivity index (χ1v) is 7.62. The fourth-order valence-electron chi connectivity index (χ4n) is 1.80. The van der Waals surface area contributed by atoms with E-state index in [1.54, 1.807) is 17.8 Å². The number of ketones is 1. The Kier molecular flexibility index (Phi) is 3.97. The number of hydrogen-bond donors (Lipinski definition) is 1. The zero-order valence-electron chi connectivity index (χ0n) is 10.1. The number of carbonyl (C=O) groups excluding carboxylic acids is 2. The number of nitrogens with zero attached hydrogens (tertiary/aromatic N) is 1. The third-order valence-corrected chi connectivity index (χ3v) is 4.05. The number of thioether (sulfide) groups is 1. The van der Waals surface area contributed by atoms with Gasteiger partial charge >= 0.3 is 0 Å². The van der Waals surface area contributed by atoms with Gasteiger partial charge in [0.15, 0.2) is 0 Å². The van der Waals surface area contributed by atoms with Gasteiger partial charge in [0.05, 0.1) is 16.9 Å². The van der Waals surface area contributed by atoms with Crippen molar-refractivity contribution in [2.45, 2.75) is 0 Å². The van der Waals surface area contributed by atoms with Crippen molar-refractivity contribution < 1.29 is 9.59 Å². The van der Waals surface area contributed by atoms with Crippen LogP contribution in [-0.2, 0) is 4.79 Å². The highest BCUT2D eigenvalue weighted by Gasteiger charge is 2.29. The van der Waals surface area contributed by atoms with E-state index in [0.29, 0.717) is 11.3 Å². The van der Waals surface area contributed by atoms with Crippen LogP contribution >= 0.6 is 27.7 Å². The van der Waals surface area contributed by atoms with Crippen LogP contribution in [0.5, 0.6) is 0 Å². The number of anilines is 2. The van der Waals surface area contributed by atoms with Gasteiger partial charge in [0.1, 0.15) is 0 Å². The van der Waals surface area contributed by atoms with Gasteiger partial charge in [-0.15, -0.1) is 0 Å². The molecule has 0 aliphatic carbocycles. The van der Waals surface area contributed by atoms with Gasteiger partial charge in [-0.05, 0) is 34.3 Å². The number of Topliss-reactive ketones (excluding diaryl/α,β-unsaturated/α-hetero) is 1. The Morgan fingerprint density at radius 3 is 2.78 bits per heavy atom. The maximum Gasteiger partial charge on any atom is 0.296 e. The lowest BCUT2D eigenvalue weighted by Gasteiger charge is -2.21. The Morgan fingerprint density at radius 2 is 2.11 bits per heavy atom. The van der Waals surface area contributed by atoms with Crippen molar-refractivity contribution in [3.05, 3.63) is 22.2 Å². The van der Waals surface area contributed by atoms with Gasteiger partial charge in [0.2, 0.25) is 0 Å². The Balaban J connectivity index is 2.32. The minimum atomic E-state index is -0.555. The maximum absolute atomic E-state index is 11.6. The fourth-order valence-corrected chi connectivity index (χ4v) is 2.90. The minimum absolute atomic E-state index is 0.439. The largest absolute Gasteiger partial charge is 0.373 e. The molecule has 18 heavy (non-hydrogen) atoms. The number of rotatable bonds is 4. The second kappa shape index (κ2) is 5.32. The summed E-state index contributed by atoms with van der Waals surface area (Å²) in [6.45, 7) is 0.903. The number of amides is 1. The van der Waals surface area contributed by atoms with Crippen molar-refractivity contribution in [3.8, 4) is 0 Å². The van der Waals surface area contributed by atoms with E-state index in [0.717, 1.165) is 22.5 Å². The highest BCUT2D eigenvalue weighted by Crippen LogP contribution is 2.34.